The van der Waals surface area contributed by atoms with Crippen LogP contribution in [-0.4, -0.2) is 54.4 Å². The topological polar surface area (TPSA) is 108 Å². The minimum atomic E-state index is -0.676. The van der Waals surface area contributed by atoms with Crippen LogP contribution in [0.2, 0.25) is 0 Å². The molecule has 0 radical (unpaired) electrons. The Morgan fingerprint density at radius 1 is 1.09 bits per heavy atom. The van der Waals surface area contributed by atoms with Gasteiger partial charge in [0.25, 0.3) is 11.6 Å². The van der Waals surface area contributed by atoms with Crippen molar-refractivity contribution >= 4 is 17.4 Å². The van der Waals surface area contributed by atoms with Crippen LogP contribution in [-0.2, 0) is 0 Å². The van der Waals surface area contributed by atoms with Crippen LogP contribution < -0.4 is 14.2 Å². The van der Waals surface area contributed by atoms with E-state index in [1.165, 1.54) is 26.4 Å². The van der Waals surface area contributed by atoms with Gasteiger partial charge in [0.05, 0.1) is 37.2 Å². The van der Waals surface area contributed by atoms with Crippen LogP contribution in [0.25, 0.3) is 0 Å². The van der Waals surface area contributed by atoms with Gasteiger partial charge in [0.15, 0.2) is 17.3 Å². The first-order chi connectivity index (χ1) is 15.7. The predicted octanol–water partition coefficient (Wildman–Crippen LogP) is 3.87. The Morgan fingerprint density at radius 3 is 2.33 bits per heavy atom. The molecule has 0 saturated carbocycles. The van der Waals surface area contributed by atoms with E-state index in [0.29, 0.717) is 37.2 Å². The van der Waals surface area contributed by atoms with Gasteiger partial charge in [-0.3, -0.25) is 19.7 Å². The Morgan fingerprint density at radius 2 is 1.73 bits per heavy atom. The molecule has 0 aromatic heterocycles. The van der Waals surface area contributed by atoms with Crippen LogP contribution in [0.4, 0.5) is 5.69 Å². The van der Waals surface area contributed by atoms with Crippen molar-refractivity contribution in [1.82, 2.24) is 4.90 Å². The number of amides is 1. The molecule has 0 atom stereocenters. The quantitative estimate of drug-likeness (QED) is 0.510. The molecule has 2 aliphatic rings. The summed E-state index contributed by atoms with van der Waals surface area (Å²) in [7, 11) is 2.78. The van der Waals surface area contributed by atoms with Crippen molar-refractivity contribution < 1.29 is 28.7 Å². The van der Waals surface area contributed by atoms with E-state index in [9.17, 15) is 19.7 Å². The fraction of sp³-hybridized carbons (Fsp3) is 0.417. The van der Waals surface area contributed by atoms with Gasteiger partial charge in [0, 0.05) is 32.0 Å². The Balaban J connectivity index is 1.57. The molecule has 1 fully saturated rings. The summed E-state index contributed by atoms with van der Waals surface area (Å²) in [4.78, 5) is 38.7. The summed E-state index contributed by atoms with van der Waals surface area (Å²) in [6.07, 6.45) is 1.17. The molecule has 4 rings (SSSR count). The highest BCUT2D eigenvalue weighted by atomic mass is 16.6. The summed E-state index contributed by atoms with van der Waals surface area (Å²) < 4.78 is 16.7. The van der Waals surface area contributed by atoms with Crippen LogP contribution in [0.15, 0.2) is 24.3 Å². The van der Waals surface area contributed by atoms with Crippen molar-refractivity contribution in [2.75, 3.05) is 27.3 Å². The van der Waals surface area contributed by atoms with Crippen LogP contribution in [0, 0.1) is 24.0 Å². The molecule has 2 aromatic rings. The summed E-state index contributed by atoms with van der Waals surface area (Å²) in [5, 5.41) is 11.6. The van der Waals surface area contributed by atoms with Gasteiger partial charge < -0.3 is 19.1 Å². The molecule has 174 valence electrons. The maximum absolute atomic E-state index is 13.2. The lowest BCUT2D eigenvalue weighted by molar-refractivity contribution is -0.385. The number of piperidine rings is 1. The van der Waals surface area contributed by atoms with E-state index in [1.54, 1.807) is 4.90 Å². The number of likely N-dealkylation sites (tertiary alicyclic amines) is 1. The predicted molar refractivity (Wildman–Crippen MR) is 120 cm³/mol. The second-order valence-electron chi connectivity index (χ2n) is 8.61. The Hall–Kier alpha value is -3.62. The highest BCUT2D eigenvalue weighted by Gasteiger charge is 2.44. The van der Waals surface area contributed by atoms with Crippen molar-refractivity contribution in [1.29, 1.82) is 0 Å². The summed E-state index contributed by atoms with van der Waals surface area (Å²) in [6.45, 7) is 4.50. The van der Waals surface area contributed by atoms with Gasteiger partial charge >= 0.3 is 0 Å². The summed E-state index contributed by atoms with van der Waals surface area (Å²) in [5.74, 6) is 0.593. The number of benzene rings is 2. The zero-order chi connectivity index (χ0) is 23.9. The van der Waals surface area contributed by atoms with Gasteiger partial charge in [-0.1, -0.05) is 6.07 Å². The van der Waals surface area contributed by atoms with E-state index >= 15 is 0 Å². The first-order valence-electron chi connectivity index (χ1n) is 10.7. The zero-order valence-electron chi connectivity index (χ0n) is 19.1. The molecular formula is C24H26N2O7. The van der Waals surface area contributed by atoms with E-state index < -0.39 is 16.4 Å². The minimum Gasteiger partial charge on any atom is -0.493 e. The molecule has 9 nitrogen and oxygen atoms in total. The first kappa shape index (κ1) is 22.6. The molecule has 0 bridgehead atoms. The summed E-state index contributed by atoms with van der Waals surface area (Å²) >= 11 is 0. The van der Waals surface area contributed by atoms with Crippen LogP contribution >= 0.6 is 0 Å². The lowest BCUT2D eigenvalue weighted by atomic mass is 9.81. The fourth-order valence-corrected chi connectivity index (χ4v) is 4.77. The largest absolute Gasteiger partial charge is 0.493 e. The molecule has 33 heavy (non-hydrogen) atoms. The molecule has 0 N–H and O–H groups in total. The highest BCUT2D eigenvalue weighted by Crippen LogP contribution is 2.42. The maximum atomic E-state index is 13.2. The number of rotatable bonds is 4. The second kappa shape index (κ2) is 8.38. The normalized spacial score (nSPS) is 16.7. The number of ether oxygens (including phenoxy) is 3. The lowest BCUT2D eigenvalue weighted by Crippen LogP contribution is -2.52. The molecule has 1 spiro atoms. The number of aryl methyl sites for hydroxylation is 2. The van der Waals surface area contributed by atoms with Gasteiger partial charge in [-0.2, -0.15) is 0 Å². The summed E-state index contributed by atoms with van der Waals surface area (Å²) in [6, 6.07) is 6.38. The fourth-order valence-electron chi connectivity index (χ4n) is 4.77. The van der Waals surface area contributed by atoms with Crippen molar-refractivity contribution in [2.45, 2.75) is 38.7 Å². The molecule has 0 unspecified atom stereocenters. The highest BCUT2D eigenvalue weighted by molar-refractivity contribution is 6.02. The first-order valence-corrected chi connectivity index (χ1v) is 10.7. The number of hydrogen-bond acceptors (Lipinski definition) is 7. The summed E-state index contributed by atoms with van der Waals surface area (Å²) in [5.41, 5.74) is 1.46. The molecule has 0 aliphatic carbocycles. The van der Waals surface area contributed by atoms with Crippen LogP contribution in [0.3, 0.4) is 0 Å². The smallest absolute Gasteiger partial charge is 0.286 e. The molecule has 2 aliphatic heterocycles. The average Bonchev–Trinajstić information content (AvgIpc) is 2.77. The third-order valence-electron chi connectivity index (χ3n) is 6.42. The average molecular weight is 454 g/mol. The number of carbonyl (C=O) groups excluding carboxylic acids is 2. The van der Waals surface area contributed by atoms with Gasteiger partial charge in [-0.05, 0) is 31.0 Å². The van der Waals surface area contributed by atoms with E-state index in [1.807, 2.05) is 26.0 Å². The van der Waals surface area contributed by atoms with Crippen LogP contribution in [0.1, 0.15) is 51.1 Å². The van der Waals surface area contributed by atoms with Crippen molar-refractivity contribution in [3.8, 4) is 17.2 Å². The van der Waals surface area contributed by atoms with Gasteiger partial charge in [0.1, 0.15) is 16.9 Å². The number of fused-ring (bicyclic) bond motifs is 1. The number of nitrogens with zero attached hydrogens (tertiary/aromatic N) is 2. The zero-order valence-corrected chi connectivity index (χ0v) is 19.1. The Labute approximate surface area is 191 Å². The molecule has 1 saturated heterocycles. The second-order valence-corrected chi connectivity index (χ2v) is 8.61. The van der Waals surface area contributed by atoms with Gasteiger partial charge in [-0.25, -0.2) is 0 Å². The minimum absolute atomic E-state index is 0.0454. The Bertz CT molecular complexity index is 1150. The van der Waals surface area contributed by atoms with E-state index in [2.05, 4.69) is 0 Å². The number of nitro benzene ring substituents is 1. The number of ketones is 1. The lowest BCUT2D eigenvalue weighted by Gasteiger charge is -2.44. The molecule has 1 amide bonds. The maximum Gasteiger partial charge on any atom is 0.286 e. The van der Waals surface area contributed by atoms with E-state index in [-0.39, 0.29) is 35.0 Å². The SMILES string of the molecule is COc1cc(C(=O)N2CCC3(CC2)CC(=O)c2c(C)cc(C)cc2O3)c([N+](=O)[O-])cc1OC. The van der Waals surface area contributed by atoms with Crippen molar-refractivity contribution in [3.63, 3.8) is 0 Å². The third-order valence-corrected chi connectivity index (χ3v) is 6.42. The van der Waals surface area contributed by atoms with Crippen molar-refractivity contribution in [3.05, 3.63) is 56.6 Å². The van der Waals surface area contributed by atoms with Crippen LogP contribution in [0.5, 0.6) is 17.2 Å². The van der Waals surface area contributed by atoms with Gasteiger partial charge in [-0.15, -0.1) is 0 Å². The number of methoxy groups -OCH3 is 2. The van der Waals surface area contributed by atoms with Crippen molar-refractivity contribution in [2.24, 2.45) is 0 Å². The Kier molecular flexibility index (Phi) is 5.73. The number of hydrogen-bond donors (Lipinski definition) is 0. The number of carbonyl (C=O) groups is 2. The van der Waals surface area contributed by atoms with E-state index in [0.717, 1.165) is 11.1 Å². The monoisotopic (exact) mass is 454 g/mol. The molecular weight excluding hydrogens is 428 g/mol. The van der Waals surface area contributed by atoms with E-state index in [4.69, 9.17) is 14.2 Å². The standard InChI is InChI=1S/C24H26N2O7/c1-14-9-15(2)22-18(27)13-24(33-21(22)10-14)5-7-25(8-6-24)23(28)16-11-19(31-3)20(32-4)12-17(16)26(29)30/h9-12H,5-8,13H2,1-4H3. The third kappa shape index (κ3) is 3.99. The van der Waals surface area contributed by atoms with Gasteiger partial charge in [0.2, 0.25) is 0 Å². The molecule has 9 heteroatoms. The number of nitro groups is 1. The molecule has 2 heterocycles. The molecule has 2 aromatic carbocycles. The number of Topliss-reactive ketones (excluding diaryl/α,β-unsaturated/α-hetero) is 1.